The van der Waals surface area contributed by atoms with Crippen molar-refractivity contribution in [3.63, 3.8) is 0 Å². The second-order valence-electron chi connectivity index (χ2n) is 10.0. The molecule has 156 valence electrons. The second kappa shape index (κ2) is 7.66. The summed E-state index contributed by atoms with van der Waals surface area (Å²) >= 11 is 0. The lowest BCUT2D eigenvalue weighted by Gasteiger charge is -2.55. The van der Waals surface area contributed by atoms with Crippen LogP contribution in [0.4, 0.5) is 11.4 Å². The fourth-order valence-corrected chi connectivity index (χ4v) is 6.85. The monoisotopic (exact) mass is 395 g/mol. The van der Waals surface area contributed by atoms with Gasteiger partial charge in [0, 0.05) is 29.9 Å². The number of nitrogens with one attached hydrogen (secondary N) is 2. The lowest BCUT2D eigenvalue weighted by Crippen LogP contribution is -2.54. The first-order chi connectivity index (χ1) is 14.1. The van der Waals surface area contributed by atoms with Gasteiger partial charge in [0.15, 0.2) is 0 Å². The van der Waals surface area contributed by atoms with E-state index in [0.29, 0.717) is 0 Å². The minimum atomic E-state index is -0.189. The minimum Gasteiger partial charge on any atom is -0.372 e. The Morgan fingerprint density at radius 1 is 0.897 bits per heavy atom. The summed E-state index contributed by atoms with van der Waals surface area (Å²) in [5, 5.41) is 5.89. The van der Waals surface area contributed by atoms with Crippen LogP contribution >= 0.6 is 0 Å². The van der Waals surface area contributed by atoms with E-state index in [0.717, 1.165) is 55.8 Å². The quantitative estimate of drug-likeness (QED) is 0.794. The van der Waals surface area contributed by atoms with Crippen LogP contribution < -0.4 is 15.5 Å². The molecule has 1 heterocycles. The predicted octanol–water partition coefficient (Wildman–Crippen LogP) is 3.95. The number of amides is 2. The second-order valence-corrected chi connectivity index (χ2v) is 10.0. The number of nitrogens with zero attached hydrogens (tertiary/aromatic N) is 1. The van der Waals surface area contributed by atoms with Gasteiger partial charge < -0.3 is 15.5 Å². The highest BCUT2D eigenvalue weighted by Gasteiger charge is 2.54. The molecule has 5 heteroatoms. The van der Waals surface area contributed by atoms with Crippen molar-refractivity contribution < 1.29 is 9.59 Å². The smallest absolute Gasteiger partial charge is 0.243 e. The summed E-state index contributed by atoms with van der Waals surface area (Å²) in [5.74, 6) is 2.18. The maximum atomic E-state index is 13.0. The average molecular weight is 396 g/mol. The van der Waals surface area contributed by atoms with Crippen molar-refractivity contribution >= 4 is 23.2 Å². The average Bonchev–Trinajstić information content (AvgIpc) is 2.72. The number of carbonyl (C=O) groups excluding carboxylic acids is 2. The van der Waals surface area contributed by atoms with Gasteiger partial charge in [-0.25, -0.2) is 0 Å². The zero-order chi connectivity index (χ0) is 19.8. The number of hydrogen-bond donors (Lipinski definition) is 2. The van der Waals surface area contributed by atoms with Crippen molar-refractivity contribution in [2.75, 3.05) is 29.9 Å². The van der Waals surface area contributed by atoms with Crippen LogP contribution in [-0.2, 0) is 9.59 Å². The number of hydrogen-bond acceptors (Lipinski definition) is 3. The Kier molecular flexibility index (Phi) is 5.00. The van der Waals surface area contributed by atoms with Gasteiger partial charge in [0.1, 0.15) is 0 Å². The number of carbonyl (C=O) groups is 2. The molecule has 5 aliphatic rings. The standard InChI is InChI=1S/C24H33N3O2/c28-22(26-20-4-6-21(7-5-20)27-8-2-1-3-9-27)16-25-23(29)24-13-17-10-18(14-24)12-19(11-17)15-24/h4-7,17-19H,1-3,8-16H2,(H,25,29)(H,26,28). The van der Waals surface area contributed by atoms with Crippen molar-refractivity contribution in [3.8, 4) is 0 Å². The lowest BCUT2D eigenvalue weighted by molar-refractivity contribution is -0.146. The number of anilines is 2. The highest BCUT2D eigenvalue weighted by molar-refractivity contribution is 5.95. The summed E-state index contributed by atoms with van der Waals surface area (Å²) in [7, 11) is 0. The summed E-state index contributed by atoms with van der Waals surface area (Å²) in [6.45, 7) is 2.29. The molecule has 0 atom stereocenters. The molecular formula is C24H33N3O2. The molecule has 4 bridgehead atoms. The summed E-state index contributed by atoms with van der Waals surface area (Å²) in [5.41, 5.74) is 1.82. The van der Waals surface area contributed by atoms with E-state index in [9.17, 15) is 9.59 Å². The van der Waals surface area contributed by atoms with E-state index in [1.54, 1.807) is 0 Å². The fourth-order valence-electron chi connectivity index (χ4n) is 6.85. The van der Waals surface area contributed by atoms with E-state index < -0.39 is 0 Å². The van der Waals surface area contributed by atoms with Gasteiger partial charge in [0.25, 0.3) is 0 Å². The molecule has 1 aromatic rings. The van der Waals surface area contributed by atoms with Gasteiger partial charge in [0.05, 0.1) is 6.54 Å². The Morgan fingerprint density at radius 3 is 2.07 bits per heavy atom. The summed E-state index contributed by atoms with van der Waals surface area (Å²) < 4.78 is 0. The Bertz CT molecular complexity index is 732. The van der Waals surface area contributed by atoms with E-state index in [1.165, 1.54) is 44.2 Å². The summed E-state index contributed by atoms with van der Waals surface area (Å²) in [6, 6.07) is 8.08. The lowest BCUT2D eigenvalue weighted by atomic mass is 9.49. The number of piperidine rings is 1. The third-order valence-electron chi connectivity index (χ3n) is 7.80. The van der Waals surface area contributed by atoms with E-state index in [-0.39, 0.29) is 23.8 Å². The fraction of sp³-hybridized carbons (Fsp3) is 0.667. The molecule has 2 amide bonds. The zero-order valence-electron chi connectivity index (χ0n) is 17.3. The first-order valence-corrected chi connectivity index (χ1v) is 11.5. The molecule has 0 aromatic heterocycles. The first-order valence-electron chi connectivity index (χ1n) is 11.5. The Labute approximate surface area is 173 Å². The molecule has 29 heavy (non-hydrogen) atoms. The van der Waals surface area contributed by atoms with Crippen molar-refractivity contribution in [2.24, 2.45) is 23.2 Å². The van der Waals surface area contributed by atoms with Crippen molar-refractivity contribution in [3.05, 3.63) is 24.3 Å². The van der Waals surface area contributed by atoms with Crippen LogP contribution in [-0.4, -0.2) is 31.4 Å². The van der Waals surface area contributed by atoms with E-state index in [1.807, 2.05) is 12.1 Å². The van der Waals surface area contributed by atoms with Gasteiger partial charge in [-0.05, 0) is 99.8 Å². The highest BCUT2D eigenvalue weighted by Crippen LogP contribution is 2.60. The van der Waals surface area contributed by atoms with Gasteiger partial charge in [-0.3, -0.25) is 9.59 Å². The topological polar surface area (TPSA) is 61.4 Å². The van der Waals surface area contributed by atoms with Gasteiger partial charge in [-0.2, -0.15) is 0 Å². The van der Waals surface area contributed by atoms with Crippen molar-refractivity contribution in [2.45, 2.75) is 57.8 Å². The Morgan fingerprint density at radius 2 is 1.48 bits per heavy atom. The molecule has 0 spiro atoms. The number of rotatable bonds is 5. The summed E-state index contributed by atoms with van der Waals surface area (Å²) in [4.78, 5) is 27.8. The summed E-state index contributed by atoms with van der Waals surface area (Å²) in [6.07, 6.45) is 10.9. The van der Waals surface area contributed by atoms with Gasteiger partial charge in [0.2, 0.25) is 11.8 Å². The molecular weight excluding hydrogens is 362 g/mol. The van der Waals surface area contributed by atoms with Crippen LogP contribution in [0.2, 0.25) is 0 Å². The van der Waals surface area contributed by atoms with Crippen molar-refractivity contribution in [1.82, 2.24) is 5.32 Å². The Balaban J connectivity index is 1.13. The van der Waals surface area contributed by atoms with Crippen LogP contribution in [0.5, 0.6) is 0 Å². The molecule has 1 saturated heterocycles. The maximum Gasteiger partial charge on any atom is 0.243 e. The van der Waals surface area contributed by atoms with Gasteiger partial charge >= 0.3 is 0 Å². The zero-order valence-corrected chi connectivity index (χ0v) is 17.3. The highest BCUT2D eigenvalue weighted by atomic mass is 16.2. The normalized spacial score (nSPS) is 32.8. The minimum absolute atomic E-state index is 0.0639. The molecule has 2 N–H and O–H groups in total. The molecule has 5 nitrogen and oxygen atoms in total. The molecule has 1 aliphatic heterocycles. The third-order valence-corrected chi connectivity index (χ3v) is 7.80. The molecule has 4 aliphatic carbocycles. The molecule has 1 aromatic carbocycles. The van der Waals surface area contributed by atoms with Crippen LogP contribution in [0.3, 0.4) is 0 Å². The van der Waals surface area contributed by atoms with Crippen LogP contribution in [0.1, 0.15) is 57.8 Å². The number of benzene rings is 1. The maximum absolute atomic E-state index is 13.0. The van der Waals surface area contributed by atoms with Crippen molar-refractivity contribution in [1.29, 1.82) is 0 Å². The SMILES string of the molecule is O=C(CNC(=O)C12CC3CC(CC(C3)C1)C2)Nc1ccc(N2CCCCC2)cc1. The van der Waals surface area contributed by atoms with Crippen LogP contribution in [0, 0.1) is 23.2 Å². The molecule has 6 rings (SSSR count). The molecule has 0 unspecified atom stereocenters. The van der Waals surface area contributed by atoms with E-state index >= 15 is 0 Å². The Hall–Kier alpha value is -2.04. The largest absolute Gasteiger partial charge is 0.372 e. The van der Waals surface area contributed by atoms with Crippen LogP contribution in [0.25, 0.3) is 0 Å². The van der Waals surface area contributed by atoms with Gasteiger partial charge in [-0.1, -0.05) is 0 Å². The van der Waals surface area contributed by atoms with E-state index in [4.69, 9.17) is 0 Å². The molecule has 5 fully saturated rings. The molecule has 4 saturated carbocycles. The predicted molar refractivity (Wildman–Crippen MR) is 115 cm³/mol. The van der Waals surface area contributed by atoms with Crippen LogP contribution in [0.15, 0.2) is 24.3 Å². The van der Waals surface area contributed by atoms with Gasteiger partial charge in [-0.15, -0.1) is 0 Å². The van der Waals surface area contributed by atoms with E-state index in [2.05, 4.69) is 27.7 Å². The first kappa shape index (κ1) is 19.0. The third kappa shape index (κ3) is 3.88. The molecule has 0 radical (unpaired) electrons.